The molecular weight excluding hydrogens is 290 g/mol. The molecule has 118 valence electrons. The smallest absolute Gasteiger partial charge is 0.243 e. The highest BCUT2D eigenvalue weighted by atomic mass is 35.5. The predicted octanol–water partition coefficient (Wildman–Crippen LogP) is 1.66. The van der Waals surface area contributed by atoms with Crippen molar-refractivity contribution in [2.24, 2.45) is 11.7 Å². The van der Waals surface area contributed by atoms with Crippen molar-refractivity contribution >= 4 is 29.9 Å². The van der Waals surface area contributed by atoms with Gasteiger partial charge in [0.05, 0.1) is 6.54 Å². The molecule has 2 amide bonds. The number of carbonyl (C=O) groups is 2. The van der Waals surface area contributed by atoms with Gasteiger partial charge in [-0.2, -0.15) is 0 Å². The Kier molecular flexibility index (Phi) is 8.66. The summed E-state index contributed by atoms with van der Waals surface area (Å²) in [7, 11) is 1.61. The number of aryl methyl sites for hydroxylation is 1. The molecule has 1 unspecified atom stereocenters. The van der Waals surface area contributed by atoms with Gasteiger partial charge in [0.1, 0.15) is 0 Å². The summed E-state index contributed by atoms with van der Waals surface area (Å²) in [6.45, 7) is 4.09. The maximum absolute atomic E-state index is 12.0. The summed E-state index contributed by atoms with van der Waals surface area (Å²) in [5.41, 5.74) is 7.33. The lowest BCUT2D eigenvalue weighted by Gasteiger charge is -2.20. The number of halogens is 1. The van der Waals surface area contributed by atoms with E-state index in [-0.39, 0.29) is 43.2 Å². The Hall–Kier alpha value is -1.59. The van der Waals surface area contributed by atoms with E-state index in [1.807, 2.05) is 31.2 Å². The second-order valence-corrected chi connectivity index (χ2v) is 4.89. The normalized spacial score (nSPS) is 11.2. The highest BCUT2D eigenvalue weighted by Gasteiger charge is 2.18. The fraction of sp³-hybridized carbons (Fsp3) is 0.467. The molecular formula is C15H24ClN3O2. The number of nitrogens with zero attached hydrogens (tertiary/aromatic N) is 1. The molecule has 0 aliphatic heterocycles. The van der Waals surface area contributed by atoms with Gasteiger partial charge in [-0.25, -0.2) is 0 Å². The van der Waals surface area contributed by atoms with E-state index in [1.165, 1.54) is 4.90 Å². The number of benzene rings is 1. The minimum absolute atomic E-state index is 0. The Balaban J connectivity index is 0.00000400. The fourth-order valence-corrected chi connectivity index (χ4v) is 1.91. The van der Waals surface area contributed by atoms with Crippen LogP contribution >= 0.6 is 12.4 Å². The van der Waals surface area contributed by atoms with Crippen molar-refractivity contribution in [3.63, 3.8) is 0 Å². The largest absolute Gasteiger partial charge is 0.336 e. The molecule has 0 radical (unpaired) electrons. The van der Waals surface area contributed by atoms with Crippen molar-refractivity contribution in [2.45, 2.75) is 20.3 Å². The van der Waals surface area contributed by atoms with E-state index in [0.717, 1.165) is 17.7 Å². The van der Waals surface area contributed by atoms with Gasteiger partial charge in [0.25, 0.3) is 0 Å². The SMILES string of the molecule is CCc1ccccc1NC(=O)CN(C)C(=O)C(C)CN.Cl. The van der Waals surface area contributed by atoms with Crippen molar-refractivity contribution in [3.8, 4) is 0 Å². The van der Waals surface area contributed by atoms with Crippen LogP contribution in [-0.4, -0.2) is 36.9 Å². The molecule has 0 aromatic heterocycles. The number of amides is 2. The van der Waals surface area contributed by atoms with E-state index < -0.39 is 0 Å². The number of carbonyl (C=O) groups excluding carboxylic acids is 2. The summed E-state index contributed by atoms with van der Waals surface area (Å²) in [6, 6.07) is 7.65. The van der Waals surface area contributed by atoms with Crippen LogP contribution in [0.25, 0.3) is 0 Å². The zero-order valence-corrected chi connectivity index (χ0v) is 13.6. The molecule has 0 aliphatic rings. The first-order valence-corrected chi connectivity index (χ1v) is 6.82. The van der Waals surface area contributed by atoms with Gasteiger partial charge < -0.3 is 16.0 Å². The van der Waals surface area contributed by atoms with Gasteiger partial charge in [-0.05, 0) is 18.1 Å². The number of nitrogens with two attached hydrogens (primary N) is 1. The molecule has 1 aromatic rings. The minimum atomic E-state index is -0.268. The molecule has 1 atom stereocenters. The topological polar surface area (TPSA) is 75.4 Å². The van der Waals surface area contributed by atoms with Crippen LogP contribution in [0, 0.1) is 5.92 Å². The Morgan fingerprint density at radius 3 is 2.52 bits per heavy atom. The molecule has 0 saturated carbocycles. The molecule has 21 heavy (non-hydrogen) atoms. The molecule has 3 N–H and O–H groups in total. The van der Waals surface area contributed by atoms with Crippen molar-refractivity contribution in [1.82, 2.24) is 4.90 Å². The van der Waals surface area contributed by atoms with Gasteiger partial charge in [0.15, 0.2) is 0 Å². The van der Waals surface area contributed by atoms with Crippen molar-refractivity contribution in [1.29, 1.82) is 0 Å². The number of anilines is 1. The zero-order valence-electron chi connectivity index (χ0n) is 12.8. The second kappa shape index (κ2) is 9.37. The van der Waals surface area contributed by atoms with Crippen molar-refractivity contribution in [3.05, 3.63) is 29.8 Å². The molecule has 0 fully saturated rings. The summed E-state index contributed by atoms with van der Waals surface area (Å²) in [5.74, 6) is -0.590. The standard InChI is InChI=1S/C15H23N3O2.ClH/c1-4-12-7-5-6-8-13(12)17-14(19)10-18(3)15(20)11(2)9-16;/h5-8,11H,4,9-10,16H2,1-3H3,(H,17,19);1H. The maximum Gasteiger partial charge on any atom is 0.243 e. The van der Waals surface area contributed by atoms with Gasteiger partial charge in [-0.1, -0.05) is 32.0 Å². The maximum atomic E-state index is 12.0. The summed E-state index contributed by atoms with van der Waals surface area (Å²) in [6.07, 6.45) is 0.843. The zero-order chi connectivity index (χ0) is 15.1. The third-order valence-electron chi connectivity index (χ3n) is 3.20. The van der Waals surface area contributed by atoms with Gasteiger partial charge in [-0.3, -0.25) is 9.59 Å². The summed E-state index contributed by atoms with van der Waals surface area (Å²) < 4.78 is 0. The van der Waals surface area contributed by atoms with Gasteiger partial charge in [-0.15, -0.1) is 12.4 Å². The van der Waals surface area contributed by atoms with E-state index >= 15 is 0 Å². The van der Waals surface area contributed by atoms with Crippen LogP contribution < -0.4 is 11.1 Å². The van der Waals surface area contributed by atoms with Gasteiger partial charge in [0.2, 0.25) is 11.8 Å². The highest BCUT2D eigenvalue weighted by Crippen LogP contribution is 2.15. The van der Waals surface area contributed by atoms with Crippen LogP contribution in [0.3, 0.4) is 0 Å². The van der Waals surface area contributed by atoms with Gasteiger partial charge >= 0.3 is 0 Å². The van der Waals surface area contributed by atoms with Crippen LogP contribution in [0.4, 0.5) is 5.69 Å². The fourth-order valence-electron chi connectivity index (χ4n) is 1.91. The number of nitrogens with one attached hydrogen (secondary N) is 1. The van der Waals surface area contributed by atoms with Crippen LogP contribution in [0.15, 0.2) is 24.3 Å². The molecule has 5 nitrogen and oxygen atoms in total. The average molecular weight is 314 g/mol. The third kappa shape index (κ3) is 5.73. The predicted molar refractivity (Wildman–Crippen MR) is 87.6 cm³/mol. The van der Waals surface area contributed by atoms with Crippen molar-refractivity contribution in [2.75, 3.05) is 25.5 Å². The van der Waals surface area contributed by atoms with Crippen LogP contribution in [0.5, 0.6) is 0 Å². The molecule has 0 spiro atoms. The Bertz CT molecular complexity index is 480. The van der Waals surface area contributed by atoms with E-state index in [2.05, 4.69) is 5.32 Å². The third-order valence-corrected chi connectivity index (χ3v) is 3.20. The first-order valence-electron chi connectivity index (χ1n) is 6.82. The lowest BCUT2D eigenvalue weighted by molar-refractivity contribution is -0.136. The number of hydrogen-bond acceptors (Lipinski definition) is 3. The molecule has 0 aliphatic carbocycles. The first kappa shape index (κ1) is 19.4. The summed E-state index contributed by atoms with van der Waals surface area (Å²) >= 11 is 0. The van der Waals surface area contributed by atoms with E-state index in [0.29, 0.717) is 0 Å². The summed E-state index contributed by atoms with van der Waals surface area (Å²) in [5, 5.41) is 2.84. The first-order chi connectivity index (χ1) is 9.49. The van der Waals surface area contributed by atoms with Crippen LogP contribution in [0.2, 0.25) is 0 Å². The number of para-hydroxylation sites is 1. The van der Waals surface area contributed by atoms with Crippen LogP contribution in [-0.2, 0) is 16.0 Å². The quantitative estimate of drug-likeness (QED) is 0.838. The Morgan fingerprint density at radius 2 is 1.95 bits per heavy atom. The van der Waals surface area contributed by atoms with E-state index in [1.54, 1.807) is 14.0 Å². The minimum Gasteiger partial charge on any atom is -0.336 e. The molecule has 0 bridgehead atoms. The highest BCUT2D eigenvalue weighted by molar-refractivity contribution is 5.95. The number of hydrogen-bond donors (Lipinski definition) is 2. The molecule has 1 rings (SSSR count). The van der Waals surface area contributed by atoms with E-state index in [9.17, 15) is 9.59 Å². The number of rotatable bonds is 6. The van der Waals surface area contributed by atoms with E-state index in [4.69, 9.17) is 5.73 Å². The Morgan fingerprint density at radius 1 is 1.33 bits per heavy atom. The molecule has 1 aromatic carbocycles. The molecule has 0 heterocycles. The average Bonchev–Trinajstić information content (AvgIpc) is 2.45. The van der Waals surface area contributed by atoms with Gasteiger partial charge in [0, 0.05) is 25.2 Å². The Labute approximate surface area is 132 Å². The molecule has 6 heteroatoms. The van der Waals surface area contributed by atoms with Crippen LogP contribution in [0.1, 0.15) is 19.4 Å². The monoisotopic (exact) mass is 313 g/mol. The lowest BCUT2D eigenvalue weighted by Crippen LogP contribution is -2.39. The van der Waals surface area contributed by atoms with Crippen molar-refractivity contribution < 1.29 is 9.59 Å². The lowest BCUT2D eigenvalue weighted by atomic mass is 10.1. The molecule has 0 saturated heterocycles. The summed E-state index contributed by atoms with van der Waals surface area (Å²) in [4.78, 5) is 25.2. The number of likely N-dealkylation sites (N-methyl/N-ethyl adjacent to an activating group) is 1. The second-order valence-electron chi connectivity index (χ2n) is 4.89.